The number of aryl methyl sites for hydroxylation is 2. The highest BCUT2D eigenvalue weighted by atomic mass is 16.2. The van der Waals surface area contributed by atoms with Crippen molar-refractivity contribution < 1.29 is 9.59 Å². The van der Waals surface area contributed by atoms with Crippen LogP contribution in [-0.4, -0.2) is 21.7 Å². The topological polar surface area (TPSA) is 88.0 Å². The summed E-state index contributed by atoms with van der Waals surface area (Å²) in [5.41, 5.74) is 5.62. The Bertz CT molecular complexity index is 1120. The Labute approximate surface area is 188 Å². The highest BCUT2D eigenvalue weighted by Crippen LogP contribution is 2.30. The van der Waals surface area contributed by atoms with Gasteiger partial charge in [-0.2, -0.15) is 5.10 Å². The zero-order valence-electron chi connectivity index (χ0n) is 18.7. The molecular formula is C25H29N5O2. The van der Waals surface area contributed by atoms with Gasteiger partial charge in [-0.15, -0.1) is 0 Å². The van der Waals surface area contributed by atoms with Crippen LogP contribution in [0.4, 0.5) is 16.2 Å². The number of nitrogens with one attached hydrogen (secondary N) is 3. The fourth-order valence-electron chi connectivity index (χ4n) is 3.65. The van der Waals surface area contributed by atoms with Crippen LogP contribution in [0.25, 0.3) is 0 Å². The van der Waals surface area contributed by atoms with E-state index < -0.39 is 0 Å². The molecule has 3 N–H and O–H groups in total. The fraction of sp³-hybridized carbons (Fsp3) is 0.320. The van der Waals surface area contributed by atoms with Crippen molar-refractivity contribution in [2.75, 3.05) is 10.6 Å². The second kappa shape index (κ2) is 9.26. The number of hydrogen-bond donors (Lipinski definition) is 3. The second-order valence-electron chi connectivity index (χ2n) is 8.49. The van der Waals surface area contributed by atoms with Gasteiger partial charge in [-0.1, -0.05) is 24.3 Å². The third-order valence-corrected chi connectivity index (χ3v) is 5.59. The minimum atomic E-state index is -0.271. The molecule has 1 heterocycles. The minimum absolute atomic E-state index is 0.0865. The highest BCUT2D eigenvalue weighted by Gasteiger charge is 2.29. The summed E-state index contributed by atoms with van der Waals surface area (Å²) < 4.78 is 1.95. The van der Waals surface area contributed by atoms with E-state index in [9.17, 15) is 9.59 Å². The number of aromatic nitrogens is 2. The highest BCUT2D eigenvalue weighted by molar-refractivity contribution is 5.94. The van der Waals surface area contributed by atoms with E-state index in [4.69, 9.17) is 0 Å². The van der Waals surface area contributed by atoms with Gasteiger partial charge in [0.15, 0.2) is 0 Å². The predicted octanol–water partition coefficient (Wildman–Crippen LogP) is 4.78. The molecule has 3 aromatic rings. The van der Waals surface area contributed by atoms with Gasteiger partial charge >= 0.3 is 6.03 Å². The average molecular weight is 432 g/mol. The number of anilines is 2. The van der Waals surface area contributed by atoms with Crippen LogP contribution in [0.5, 0.6) is 0 Å². The van der Waals surface area contributed by atoms with Crippen LogP contribution in [0.2, 0.25) is 0 Å². The van der Waals surface area contributed by atoms with E-state index >= 15 is 0 Å². The minimum Gasteiger partial charge on any atom is -0.331 e. The molecule has 0 aliphatic heterocycles. The Kier molecular flexibility index (Phi) is 6.25. The molecule has 1 aromatic heterocycles. The van der Waals surface area contributed by atoms with E-state index in [1.165, 1.54) is 0 Å². The maximum atomic E-state index is 12.5. The van der Waals surface area contributed by atoms with Crippen molar-refractivity contribution >= 4 is 23.3 Å². The first-order valence-electron chi connectivity index (χ1n) is 11.0. The van der Waals surface area contributed by atoms with E-state index in [2.05, 4.69) is 21.0 Å². The molecule has 32 heavy (non-hydrogen) atoms. The number of rotatable bonds is 7. The number of carbonyl (C=O) groups excluding carboxylic acids is 2. The third-order valence-electron chi connectivity index (χ3n) is 5.59. The molecule has 3 amide bonds. The van der Waals surface area contributed by atoms with Gasteiger partial charge in [0.2, 0.25) is 5.91 Å². The van der Waals surface area contributed by atoms with Gasteiger partial charge in [-0.25, -0.2) is 4.79 Å². The summed E-state index contributed by atoms with van der Waals surface area (Å²) in [4.78, 5) is 24.4. The second-order valence-corrected chi connectivity index (χ2v) is 8.49. The molecule has 2 aromatic carbocycles. The van der Waals surface area contributed by atoms with Gasteiger partial charge in [0.1, 0.15) is 0 Å². The van der Waals surface area contributed by atoms with Gasteiger partial charge in [-0.3, -0.25) is 9.48 Å². The molecule has 1 unspecified atom stereocenters. The molecule has 7 nitrogen and oxygen atoms in total. The van der Waals surface area contributed by atoms with Crippen LogP contribution in [0.1, 0.15) is 48.3 Å². The monoisotopic (exact) mass is 431 g/mol. The Morgan fingerprint density at radius 3 is 2.44 bits per heavy atom. The summed E-state index contributed by atoms with van der Waals surface area (Å²) in [5.74, 6) is 0.258. The molecule has 1 fully saturated rings. The summed E-state index contributed by atoms with van der Waals surface area (Å²) in [6.45, 7) is 6.59. The fourth-order valence-corrected chi connectivity index (χ4v) is 3.65. The van der Waals surface area contributed by atoms with Crippen molar-refractivity contribution in [1.82, 2.24) is 15.1 Å². The normalized spacial score (nSPS) is 14.0. The van der Waals surface area contributed by atoms with E-state index in [-0.39, 0.29) is 23.9 Å². The third kappa shape index (κ3) is 5.55. The van der Waals surface area contributed by atoms with Crippen LogP contribution in [0.15, 0.2) is 54.6 Å². The smallest absolute Gasteiger partial charge is 0.319 e. The van der Waals surface area contributed by atoms with E-state index in [0.29, 0.717) is 6.54 Å². The first-order chi connectivity index (χ1) is 15.4. The summed E-state index contributed by atoms with van der Waals surface area (Å²) in [7, 11) is 0. The van der Waals surface area contributed by atoms with Crippen LogP contribution in [-0.2, 0) is 11.3 Å². The van der Waals surface area contributed by atoms with Crippen molar-refractivity contribution in [2.45, 2.75) is 46.2 Å². The van der Waals surface area contributed by atoms with E-state index in [1.54, 1.807) is 0 Å². The molecule has 0 bridgehead atoms. The van der Waals surface area contributed by atoms with E-state index in [0.717, 1.165) is 46.7 Å². The quantitative estimate of drug-likeness (QED) is 0.503. The molecule has 1 aliphatic carbocycles. The number of carbonyl (C=O) groups is 2. The Morgan fingerprint density at radius 2 is 1.78 bits per heavy atom. The van der Waals surface area contributed by atoms with Gasteiger partial charge < -0.3 is 16.0 Å². The lowest BCUT2D eigenvalue weighted by Gasteiger charge is -2.16. The maximum absolute atomic E-state index is 12.5. The Hall–Kier alpha value is -3.61. The molecule has 1 saturated carbocycles. The average Bonchev–Trinajstić information content (AvgIpc) is 3.54. The summed E-state index contributed by atoms with van der Waals surface area (Å²) in [5, 5.41) is 13.3. The van der Waals surface area contributed by atoms with E-state index in [1.807, 2.05) is 80.1 Å². The number of amides is 3. The van der Waals surface area contributed by atoms with Gasteiger partial charge in [0.05, 0.1) is 18.3 Å². The van der Waals surface area contributed by atoms with Crippen molar-refractivity contribution in [1.29, 1.82) is 0 Å². The molecule has 0 spiro atoms. The number of hydrogen-bond acceptors (Lipinski definition) is 3. The molecule has 0 radical (unpaired) electrons. The molecule has 7 heteroatoms. The maximum Gasteiger partial charge on any atom is 0.319 e. The molecule has 1 aliphatic rings. The van der Waals surface area contributed by atoms with Crippen molar-refractivity contribution in [2.24, 2.45) is 5.92 Å². The molecule has 1 atom stereocenters. The molecule has 0 saturated heterocycles. The Morgan fingerprint density at radius 1 is 1.03 bits per heavy atom. The largest absolute Gasteiger partial charge is 0.331 e. The number of urea groups is 1. The standard InChI is InChI=1S/C25H29N5O2/c1-16-13-17(2)30(29-16)15-19-5-4-6-23(14-19)28-25(32)26-18(3)20-9-11-22(12-10-20)27-24(31)21-7-8-21/h4-6,9-14,18,21H,7-8,15H2,1-3H3,(H,27,31)(H2,26,28,32). The van der Waals surface area contributed by atoms with Crippen LogP contribution >= 0.6 is 0 Å². The molecule has 4 rings (SSSR count). The lowest BCUT2D eigenvalue weighted by atomic mass is 10.1. The lowest BCUT2D eigenvalue weighted by Crippen LogP contribution is -2.31. The molecular weight excluding hydrogens is 402 g/mol. The van der Waals surface area contributed by atoms with Crippen LogP contribution in [0.3, 0.4) is 0 Å². The first-order valence-corrected chi connectivity index (χ1v) is 11.0. The zero-order chi connectivity index (χ0) is 22.7. The van der Waals surface area contributed by atoms with Gasteiger partial charge in [0.25, 0.3) is 0 Å². The predicted molar refractivity (Wildman–Crippen MR) is 126 cm³/mol. The number of nitrogens with zero attached hydrogens (tertiary/aromatic N) is 2. The van der Waals surface area contributed by atoms with Crippen molar-refractivity contribution in [3.05, 3.63) is 77.1 Å². The van der Waals surface area contributed by atoms with Crippen molar-refractivity contribution in [3.63, 3.8) is 0 Å². The van der Waals surface area contributed by atoms with Gasteiger partial charge in [0, 0.05) is 23.0 Å². The SMILES string of the molecule is Cc1cc(C)n(Cc2cccc(NC(=O)NC(C)c3ccc(NC(=O)C4CC4)cc3)c2)n1. The summed E-state index contributed by atoms with van der Waals surface area (Å²) in [6.07, 6.45) is 1.96. The summed E-state index contributed by atoms with van der Waals surface area (Å²) >= 11 is 0. The zero-order valence-corrected chi connectivity index (χ0v) is 18.7. The number of benzene rings is 2. The summed E-state index contributed by atoms with van der Waals surface area (Å²) in [6, 6.07) is 16.9. The van der Waals surface area contributed by atoms with Gasteiger partial charge in [-0.05, 0) is 75.1 Å². The van der Waals surface area contributed by atoms with Crippen molar-refractivity contribution in [3.8, 4) is 0 Å². The Balaban J connectivity index is 1.32. The lowest BCUT2D eigenvalue weighted by molar-refractivity contribution is -0.117. The van der Waals surface area contributed by atoms with Crippen LogP contribution < -0.4 is 16.0 Å². The molecule has 166 valence electrons. The first kappa shape index (κ1) is 21.6. The van der Waals surface area contributed by atoms with Crippen LogP contribution in [0, 0.1) is 19.8 Å².